The van der Waals surface area contributed by atoms with E-state index in [2.05, 4.69) is 29.6 Å². The third-order valence-corrected chi connectivity index (χ3v) is 6.35. The molecule has 7 heteroatoms. The Labute approximate surface area is 201 Å². The van der Waals surface area contributed by atoms with Crippen LogP contribution in [0.2, 0.25) is 0 Å². The maximum atomic E-state index is 12.3. The van der Waals surface area contributed by atoms with Crippen LogP contribution in [0.15, 0.2) is 48.5 Å². The number of ether oxygens (including phenoxy) is 1. The van der Waals surface area contributed by atoms with Crippen LogP contribution in [0.5, 0.6) is 0 Å². The molecule has 0 aromatic heterocycles. The molecule has 2 N–H and O–H groups in total. The van der Waals surface area contributed by atoms with Crippen LogP contribution in [0.4, 0.5) is 4.79 Å². The number of carbonyl (C=O) groups excluding carboxylic acids is 2. The Morgan fingerprint density at radius 1 is 1.00 bits per heavy atom. The van der Waals surface area contributed by atoms with Crippen molar-refractivity contribution in [3.63, 3.8) is 0 Å². The lowest BCUT2D eigenvalue weighted by atomic mass is 9.98. The van der Waals surface area contributed by atoms with Gasteiger partial charge in [-0.3, -0.25) is 9.59 Å². The summed E-state index contributed by atoms with van der Waals surface area (Å²) in [5.41, 5.74) is 4.74. The molecule has 2 aromatic rings. The van der Waals surface area contributed by atoms with E-state index in [1.54, 1.807) is 11.9 Å². The van der Waals surface area contributed by atoms with E-state index < -0.39 is 12.1 Å². The number of hydrogen-bond acceptors (Lipinski definition) is 4. The second-order valence-corrected chi connectivity index (χ2v) is 9.02. The van der Waals surface area contributed by atoms with E-state index in [4.69, 9.17) is 9.84 Å². The minimum absolute atomic E-state index is 0.0271. The summed E-state index contributed by atoms with van der Waals surface area (Å²) in [6.45, 7) is 3.26. The largest absolute Gasteiger partial charge is 0.481 e. The Bertz CT molecular complexity index is 961. The van der Waals surface area contributed by atoms with Gasteiger partial charge in [-0.2, -0.15) is 0 Å². The minimum atomic E-state index is -0.813. The summed E-state index contributed by atoms with van der Waals surface area (Å²) in [6, 6.07) is 16.4. The molecule has 2 amide bonds. The SMILES string of the molecule is CC(CCC(=O)N(C)CCCCC(=O)O)CNC(=O)OCC1c2ccccc2-c2ccccc21. The molecule has 0 aliphatic heterocycles. The summed E-state index contributed by atoms with van der Waals surface area (Å²) >= 11 is 0. The Hall–Kier alpha value is -3.35. The first-order valence-corrected chi connectivity index (χ1v) is 11.9. The molecule has 0 spiro atoms. The number of alkyl carbamates (subject to hydrolysis) is 1. The Morgan fingerprint density at radius 3 is 2.24 bits per heavy atom. The predicted molar refractivity (Wildman–Crippen MR) is 131 cm³/mol. The van der Waals surface area contributed by atoms with Gasteiger partial charge in [0.05, 0.1) is 0 Å². The van der Waals surface area contributed by atoms with Gasteiger partial charge in [0.2, 0.25) is 5.91 Å². The topological polar surface area (TPSA) is 95.9 Å². The number of aliphatic carboxylic acids is 1. The Kier molecular flexibility index (Phi) is 9.08. The van der Waals surface area contributed by atoms with Crippen LogP contribution in [-0.2, 0) is 14.3 Å². The first-order chi connectivity index (χ1) is 16.4. The highest BCUT2D eigenvalue weighted by Gasteiger charge is 2.29. The normalized spacial score (nSPS) is 13.0. The molecule has 0 radical (unpaired) electrons. The second-order valence-electron chi connectivity index (χ2n) is 9.02. The number of carbonyl (C=O) groups is 3. The van der Waals surface area contributed by atoms with Gasteiger partial charge in [-0.25, -0.2) is 4.79 Å². The monoisotopic (exact) mass is 466 g/mol. The first kappa shape index (κ1) is 25.3. The molecule has 1 unspecified atom stereocenters. The number of rotatable bonds is 12. The van der Waals surface area contributed by atoms with Crippen LogP contribution >= 0.6 is 0 Å². The number of carboxylic acids is 1. The van der Waals surface area contributed by atoms with Gasteiger partial charge >= 0.3 is 12.1 Å². The van der Waals surface area contributed by atoms with Gasteiger partial charge in [-0.05, 0) is 47.4 Å². The zero-order valence-corrected chi connectivity index (χ0v) is 20.0. The lowest BCUT2D eigenvalue weighted by Gasteiger charge is -2.19. The van der Waals surface area contributed by atoms with Gasteiger partial charge in [-0.15, -0.1) is 0 Å². The maximum Gasteiger partial charge on any atom is 0.407 e. The van der Waals surface area contributed by atoms with Crippen LogP contribution in [0.25, 0.3) is 11.1 Å². The molecule has 1 aliphatic carbocycles. The number of nitrogens with zero attached hydrogens (tertiary/aromatic N) is 1. The number of nitrogens with one attached hydrogen (secondary N) is 1. The Balaban J connectivity index is 1.37. The first-order valence-electron chi connectivity index (χ1n) is 11.9. The van der Waals surface area contributed by atoms with Crippen molar-refractivity contribution in [2.45, 2.75) is 44.9 Å². The van der Waals surface area contributed by atoms with E-state index in [0.717, 1.165) is 0 Å². The summed E-state index contributed by atoms with van der Waals surface area (Å²) in [6.07, 6.45) is 1.96. The zero-order chi connectivity index (χ0) is 24.5. The molecular formula is C27H34N2O5. The lowest BCUT2D eigenvalue weighted by Crippen LogP contribution is -2.31. The van der Waals surface area contributed by atoms with E-state index in [1.807, 2.05) is 31.2 Å². The summed E-state index contributed by atoms with van der Waals surface area (Å²) < 4.78 is 5.56. The number of fused-ring (bicyclic) bond motifs is 3. The molecule has 3 rings (SSSR count). The molecule has 0 saturated carbocycles. The number of hydrogen-bond donors (Lipinski definition) is 2. The van der Waals surface area contributed by atoms with Crippen LogP contribution in [0, 0.1) is 5.92 Å². The molecule has 1 atom stereocenters. The fourth-order valence-corrected chi connectivity index (χ4v) is 4.32. The molecule has 2 aromatic carbocycles. The smallest absolute Gasteiger partial charge is 0.407 e. The van der Waals surface area contributed by atoms with Crippen LogP contribution < -0.4 is 5.32 Å². The van der Waals surface area contributed by atoms with Crippen molar-refractivity contribution in [3.8, 4) is 11.1 Å². The van der Waals surface area contributed by atoms with Crippen molar-refractivity contribution < 1.29 is 24.2 Å². The van der Waals surface area contributed by atoms with Crippen LogP contribution in [0.1, 0.15) is 56.1 Å². The van der Waals surface area contributed by atoms with E-state index in [9.17, 15) is 14.4 Å². The molecule has 0 fully saturated rings. The van der Waals surface area contributed by atoms with E-state index in [1.165, 1.54) is 22.3 Å². The van der Waals surface area contributed by atoms with Gasteiger partial charge in [0.25, 0.3) is 0 Å². The van der Waals surface area contributed by atoms with Crippen molar-refractivity contribution in [2.75, 3.05) is 26.7 Å². The van der Waals surface area contributed by atoms with E-state index >= 15 is 0 Å². The lowest BCUT2D eigenvalue weighted by molar-refractivity contribution is -0.137. The molecule has 182 valence electrons. The van der Waals surface area contributed by atoms with Crippen molar-refractivity contribution >= 4 is 18.0 Å². The highest BCUT2D eigenvalue weighted by molar-refractivity contribution is 5.79. The summed E-state index contributed by atoms with van der Waals surface area (Å²) in [5.74, 6) is -0.626. The fourth-order valence-electron chi connectivity index (χ4n) is 4.32. The van der Waals surface area contributed by atoms with Gasteiger partial charge < -0.3 is 20.1 Å². The molecular weight excluding hydrogens is 432 g/mol. The predicted octanol–water partition coefficient (Wildman–Crippen LogP) is 4.65. The molecule has 0 heterocycles. The quantitative estimate of drug-likeness (QED) is 0.444. The van der Waals surface area contributed by atoms with Crippen molar-refractivity contribution in [1.29, 1.82) is 0 Å². The summed E-state index contributed by atoms with van der Waals surface area (Å²) in [4.78, 5) is 36.8. The number of benzene rings is 2. The van der Waals surface area contributed by atoms with Gasteiger partial charge in [0, 0.05) is 38.9 Å². The molecule has 1 aliphatic rings. The second kappa shape index (κ2) is 12.2. The molecule has 7 nitrogen and oxygen atoms in total. The number of carboxylic acid groups (broad SMARTS) is 1. The van der Waals surface area contributed by atoms with Crippen LogP contribution in [-0.4, -0.2) is 54.7 Å². The standard InChI is InChI=1S/C27H34N2O5/c1-19(14-15-25(30)29(2)16-8-7-13-26(31)32)17-28-27(33)34-18-24-22-11-5-3-9-20(22)21-10-4-6-12-23(21)24/h3-6,9-12,19,24H,7-8,13-18H2,1-2H3,(H,28,33)(H,31,32). The van der Waals surface area contributed by atoms with E-state index in [0.29, 0.717) is 38.8 Å². The fraction of sp³-hybridized carbons (Fsp3) is 0.444. The molecule has 0 saturated heterocycles. The number of amides is 2. The van der Waals surface area contributed by atoms with Gasteiger partial charge in [0.15, 0.2) is 0 Å². The number of unbranched alkanes of at least 4 members (excludes halogenated alkanes) is 1. The highest BCUT2D eigenvalue weighted by Crippen LogP contribution is 2.44. The van der Waals surface area contributed by atoms with E-state index in [-0.39, 0.29) is 30.8 Å². The summed E-state index contributed by atoms with van der Waals surface area (Å²) in [5, 5.41) is 11.5. The minimum Gasteiger partial charge on any atom is -0.481 e. The van der Waals surface area contributed by atoms with Gasteiger partial charge in [0.1, 0.15) is 6.61 Å². The third-order valence-electron chi connectivity index (χ3n) is 6.35. The van der Waals surface area contributed by atoms with Gasteiger partial charge in [-0.1, -0.05) is 55.5 Å². The third kappa shape index (κ3) is 6.83. The average Bonchev–Trinajstić information content (AvgIpc) is 3.16. The Morgan fingerprint density at radius 2 is 1.62 bits per heavy atom. The highest BCUT2D eigenvalue weighted by atomic mass is 16.5. The molecule has 34 heavy (non-hydrogen) atoms. The summed E-state index contributed by atoms with van der Waals surface area (Å²) in [7, 11) is 1.74. The van der Waals surface area contributed by atoms with Crippen LogP contribution in [0.3, 0.4) is 0 Å². The average molecular weight is 467 g/mol. The van der Waals surface area contributed by atoms with Crippen molar-refractivity contribution in [3.05, 3.63) is 59.7 Å². The van der Waals surface area contributed by atoms with Crippen molar-refractivity contribution in [1.82, 2.24) is 10.2 Å². The maximum absolute atomic E-state index is 12.3. The molecule has 0 bridgehead atoms. The van der Waals surface area contributed by atoms with Crippen molar-refractivity contribution in [2.24, 2.45) is 5.92 Å². The zero-order valence-electron chi connectivity index (χ0n) is 20.0.